The first-order valence-electron chi connectivity index (χ1n) is 4.22. The first-order valence-corrected chi connectivity index (χ1v) is 4.63. The molecule has 0 radical (unpaired) electrons. The molecule has 0 aliphatic carbocycles. The summed E-state index contributed by atoms with van der Waals surface area (Å²) >= 11 is 5.20. The average molecular weight is 194 g/mol. The lowest BCUT2D eigenvalue weighted by molar-refractivity contribution is 0.515. The number of nitrogens with one attached hydrogen (secondary N) is 1. The van der Waals surface area contributed by atoms with Gasteiger partial charge in [-0.25, -0.2) is 0 Å². The molecular weight excluding hydrogens is 180 g/mol. The van der Waals surface area contributed by atoms with Crippen molar-refractivity contribution in [2.75, 3.05) is 0 Å². The van der Waals surface area contributed by atoms with Crippen LogP contribution in [0.2, 0.25) is 0 Å². The highest BCUT2D eigenvalue weighted by Gasteiger charge is 2.12. The van der Waals surface area contributed by atoms with Gasteiger partial charge in [0.25, 0.3) is 0 Å². The predicted octanol–water partition coefficient (Wildman–Crippen LogP) is 2.15. The molecule has 0 bridgehead atoms. The van der Waals surface area contributed by atoms with Crippen LogP contribution in [0.4, 0.5) is 0 Å². The number of pyridine rings is 1. The van der Waals surface area contributed by atoms with Crippen molar-refractivity contribution in [2.24, 2.45) is 0 Å². The first-order chi connectivity index (χ1) is 5.99. The normalized spacial score (nSPS) is 11.0. The molecular formula is C10H14N2S. The van der Waals surface area contributed by atoms with Crippen LogP contribution >= 0.6 is 12.2 Å². The summed E-state index contributed by atoms with van der Waals surface area (Å²) in [6.45, 7) is 6.22. The fourth-order valence-corrected chi connectivity index (χ4v) is 1.33. The summed E-state index contributed by atoms with van der Waals surface area (Å²) in [5.41, 5.74) is 0.821. The van der Waals surface area contributed by atoms with E-state index in [1.54, 1.807) is 6.20 Å². The van der Waals surface area contributed by atoms with Gasteiger partial charge in [-0.1, -0.05) is 18.3 Å². The van der Waals surface area contributed by atoms with Crippen LogP contribution in [0.5, 0.6) is 0 Å². The lowest BCUT2D eigenvalue weighted by Crippen LogP contribution is -2.40. The molecule has 0 spiro atoms. The van der Waals surface area contributed by atoms with Crippen molar-refractivity contribution in [3.05, 3.63) is 30.1 Å². The van der Waals surface area contributed by atoms with Crippen molar-refractivity contribution in [2.45, 2.75) is 26.3 Å². The van der Waals surface area contributed by atoms with Gasteiger partial charge >= 0.3 is 0 Å². The number of hydrogen-bond donors (Lipinski definition) is 1. The van der Waals surface area contributed by atoms with E-state index in [4.69, 9.17) is 12.2 Å². The van der Waals surface area contributed by atoms with Gasteiger partial charge in [-0.05, 0) is 32.9 Å². The fourth-order valence-electron chi connectivity index (χ4n) is 0.902. The summed E-state index contributed by atoms with van der Waals surface area (Å²) in [6.07, 6.45) is 1.74. The quantitative estimate of drug-likeness (QED) is 0.693. The molecule has 0 atom stereocenters. The van der Waals surface area contributed by atoms with Crippen molar-refractivity contribution in [3.63, 3.8) is 0 Å². The topological polar surface area (TPSA) is 24.9 Å². The van der Waals surface area contributed by atoms with Gasteiger partial charge in [0.05, 0.1) is 5.69 Å². The Labute approximate surface area is 84.4 Å². The molecule has 0 saturated heterocycles. The zero-order valence-corrected chi connectivity index (χ0v) is 8.98. The summed E-state index contributed by atoms with van der Waals surface area (Å²) in [7, 11) is 0. The Morgan fingerprint density at radius 2 is 2.08 bits per heavy atom. The number of aromatic nitrogens is 1. The Morgan fingerprint density at radius 1 is 1.38 bits per heavy atom. The minimum Gasteiger partial charge on any atom is -0.370 e. The van der Waals surface area contributed by atoms with Crippen molar-refractivity contribution < 1.29 is 0 Å². The van der Waals surface area contributed by atoms with Crippen LogP contribution in [-0.2, 0) is 0 Å². The van der Waals surface area contributed by atoms with E-state index >= 15 is 0 Å². The van der Waals surface area contributed by atoms with Crippen LogP contribution < -0.4 is 5.32 Å². The second-order valence-corrected chi connectivity index (χ2v) is 4.33. The zero-order chi connectivity index (χ0) is 9.90. The molecule has 1 aromatic heterocycles. The Morgan fingerprint density at radius 3 is 2.54 bits per heavy atom. The highest BCUT2D eigenvalue weighted by atomic mass is 32.1. The van der Waals surface area contributed by atoms with Gasteiger partial charge in [0, 0.05) is 11.7 Å². The molecule has 0 aromatic carbocycles. The van der Waals surface area contributed by atoms with Gasteiger partial charge in [-0.3, -0.25) is 4.98 Å². The highest BCUT2D eigenvalue weighted by Crippen LogP contribution is 2.02. The molecule has 1 aromatic rings. The largest absolute Gasteiger partial charge is 0.370 e. The Hall–Kier alpha value is -0.960. The van der Waals surface area contributed by atoms with E-state index in [-0.39, 0.29) is 5.54 Å². The smallest absolute Gasteiger partial charge is 0.125 e. The summed E-state index contributed by atoms with van der Waals surface area (Å²) in [6, 6.07) is 5.71. The highest BCUT2D eigenvalue weighted by molar-refractivity contribution is 7.80. The van der Waals surface area contributed by atoms with Gasteiger partial charge in [0.2, 0.25) is 0 Å². The van der Waals surface area contributed by atoms with Gasteiger partial charge in [-0.2, -0.15) is 0 Å². The van der Waals surface area contributed by atoms with Gasteiger partial charge in [0.15, 0.2) is 0 Å². The maximum absolute atomic E-state index is 5.20. The minimum atomic E-state index is -0.00535. The predicted molar refractivity (Wildman–Crippen MR) is 58.8 cm³/mol. The second-order valence-electron chi connectivity index (χ2n) is 3.92. The third-order valence-corrected chi connectivity index (χ3v) is 1.70. The van der Waals surface area contributed by atoms with Crippen LogP contribution in [-0.4, -0.2) is 15.5 Å². The van der Waals surface area contributed by atoms with Crippen LogP contribution in [0.25, 0.3) is 0 Å². The summed E-state index contributed by atoms with van der Waals surface area (Å²) < 4.78 is 0. The molecule has 1 heterocycles. The van der Waals surface area contributed by atoms with Crippen LogP contribution in [0.3, 0.4) is 0 Å². The number of hydrogen-bond acceptors (Lipinski definition) is 2. The summed E-state index contributed by atoms with van der Waals surface area (Å²) in [5.74, 6) is 0. The number of nitrogens with zero attached hydrogens (tertiary/aromatic N) is 1. The standard InChI is InChI=1S/C10H14N2S/c1-10(2,3)12-9(13)8-6-4-5-7-11-8/h4-7H,1-3H3,(H,12,13). The lowest BCUT2D eigenvalue weighted by Gasteiger charge is -2.21. The molecule has 1 N–H and O–H groups in total. The average Bonchev–Trinajstić information content (AvgIpc) is 2.03. The van der Waals surface area contributed by atoms with E-state index in [2.05, 4.69) is 31.1 Å². The molecule has 2 nitrogen and oxygen atoms in total. The molecule has 0 aliphatic heterocycles. The Bertz CT molecular complexity index is 288. The molecule has 1 rings (SSSR count). The molecule has 13 heavy (non-hydrogen) atoms. The van der Waals surface area contributed by atoms with Crippen LogP contribution in [0.15, 0.2) is 24.4 Å². The van der Waals surface area contributed by atoms with Gasteiger partial charge < -0.3 is 5.32 Å². The maximum atomic E-state index is 5.20. The van der Waals surface area contributed by atoms with E-state index in [0.717, 1.165) is 5.69 Å². The van der Waals surface area contributed by atoms with E-state index in [1.165, 1.54) is 0 Å². The maximum Gasteiger partial charge on any atom is 0.125 e. The van der Waals surface area contributed by atoms with E-state index in [0.29, 0.717) is 4.99 Å². The molecule has 0 fully saturated rings. The fraction of sp³-hybridized carbons (Fsp3) is 0.400. The molecule has 0 aliphatic rings. The third kappa shape index (κ3) is 3.51. The van der Waals surface area contributed by atoms with Gasteiger partial charge in [-0.15, -0.1) is 0 Å². The van der Waals surface area contributed by atoms with E-state index < -0.39 is 0 Å². The number of rotatable bonds is 1. The minimum absolute atomic E-state index is 0.00535. The van der Waals surface area contributed by atoms with Gasteiger partial charge in [0.1, 0.15) is 4.99 Å². The first kappa shape index (κ1) is 10.1. The monoisotopic (exact) mass is 194 g/mol. The summed E-state index contributed by atoms with van der Waals surface area (Å²) in [5, 5.41) is 3.20. The van der Waals surface area contributed by atoms with Crippen molar-refractivity contribution in [1.82, 2.24) is 10.3 Å². The summed E-state index contributed by atoms with van der Waals surface area (Å²) in [4.78, 5) is 4.86. The van der Waals surface area contributed by atoms with E-state index in [1.807, 2.05) is 18.2 Å². The number of thiocarbonyl (C=S) groups is 1. The van der Waals surface area contributed by atoms with Crippen LogP contribution in [0, 0.1) is 0 Å². The molecule has 0 saturated carbocycles. The Balaban J connectivity index is 2.71. The molecule has 0 unspecified atom stereocenters. The zero-order valence-electron chi connectivity index (χ0n) is 8.16. The third-order valence-electron chi connectivity index (χ3n) is 1.39. The second kappa shape index (κ2) is 3.83. The molecule has 3 heteroatoms. The van der Waals surface area contributed by atoms with Crippen molar-refractivity contribution in [3.8, 4) is 0 Å². The lowest BCUT2D eigenvalue weighted by atomic mass is 10.1. The van der Waals surface area contributed by atoms with Crippen molar-refractivity contribution in [1.29, 1.82) is 0 Å². The Kier molecular flexibility index (Phi) is 2.98. The molecule has 0 amide bonds. The van der Waals surface area contributed by atoms with Crippen molar-refractivity contribution >= 4 is 17.2 Å². The molecule has 70 valence electrons. The van der Waals surface area contributed by atoms with E-state index in [9.17, 15) is 0 Å². The van der Waals surface area contributed by atoms with Crippen LogP contribution in [0.1, 0.15) is 26.5 Å². The SMILES string of the molecule is CC(C)(C)NC(=S)c1ccccn1.